The Hall–Kier alpha value is -3.62. The predicted molar refractivity (Wildman–Crippen MR) is 156 cm³/mol. The lowest BCUT2D eigenvalue weighted by Gasteiger charge is -2.32. The van der Waals surface area contributed by atoms with Gasteiger partial charge in [0.2, 0.25) is 0 Å². The lowest BCUT2D eigenvalue weighted by atomic mass is 9.94. The Morgan fingerprint density at radius 1 is 1.00 bits per heavy atom. The van der Waals surface area contributed by atoms with E-state index in [2.05, 4.69) is 92.3 Å². The van der Waals surface area contributed by atoms with Crippen molar-refractivity contribution in [2.75, 3.05) is 0 Å². The van der Waals surface area contributed by atoms with E-state index in [0.717, 1.165) is 40.7 Å². The van der Waals surface area contributed by atoms with E-state index in [4.69, 9.17) is 0 Å². The van der Waals surface area contributed by atoms with Crippen molar-refractivity contribution in [1.82, 2.24) is 30.1 Å². The average molecular weight is 539 g/mol. The molecule has 0 aliphatic heterocycles. The third-order valence-corrected chi connectivity index (χ3v) is 8.84. The van der Waals surface area contributed by atoms with Crippen molar-refractivity contribution >= 4 is 22.2 Å². The molecule has 0 spiro atoms. The molecule has 200 valence electrons. The number of hydrogen-bond acceptors (Lipinski definition) is 6. The maximum atomic E-state index is 13.9. The van der Waals surface area contributed by atoms with Gasteiger partial charge in [0.1, 0.15) is 6.04 Å². The molecule has 0 saturated heterocycles. The first-order valence-electron chi connectivity index (χ1n) is 13.8. The predicted octanol–water partition coefficient (Wildman–Crippen LogP) is 6.49. The van der Waals surface area contributed by atoms with Gasteiger partial charge in [-0.2, -0.15) is 0 Å². The van der Waals surface area contributed by atoms with Crippen molar-refractivity contribution in [2.45, 2.75) is 71.1 Å². The molecule has 0 radical (unpaired) electrons. The summed E-state index contributed by atoms with van der Waals surface area (Å²) < 4.78 is 2.02. The maximum absolute atomic E-state index is 13.9. The first-order chi connectivity index (χ1) is 19.1. The van der Waals surface area contributed by atoms with Crippen LogP contribution in [0.2, 0.25) is 0 Å². The van der Waals surface area contributed by atoms with E-state index < -0.39 is 6.04 Å². The summed E-state index contributed by atoms with van der Waals surface area (Å²) in [6.45, 7) is 5.47. The minimum absolute atomic E-state index is 0.0939. The van der Waals surface area contributed by atoms with Crippen molar-refractivity contribution in [1.29, 1.82) is 0 Å². The molecule has 6 rings (SSSR count). The molecule has 3 aromatic heterocycles. The monoisotopic (exact) mass is 538 g/mol. The maximum Gasteiger partial charge on any atom is 0.253 e. The molecule has 39 heavy (non-hydrogen) atoms. The Balaban J connectivity index is 1.55. The molecule has 3 heterocycles. The van der Waals surface area contributed by atoms with Crippen LogP contribution in [0.25, 0.3) is 10.9 Å². The van der Waals surface area contributed by atoms with Crippen molar-refractivity contribution in [3.8, 4) is 0 Å². The highest BCUT2D eigenvalue weighted by atomic mass is 32.1. The molecule has 1 aliphatic carbocycles. The molecule has 1 fully saturated rings. The molecule has 1 saturated carbocycles. The van der Waals surface area contributed by atoms with Gasteiger partial charge in [-0.3, -0.25) is 9.69 Å². The Morgan fingerprint density at radius 2 is 1.79 bits per heavy atom. The molecule has 1 N–H and O–H groups in total. The number of thiophene rings is 1. The summed E-state index contributed by atoms with van der Waals surface area (Å²) in [7, 11) is 0. The van der Waals surface area contributed by atoms with Gasteiger partial charge < -0.3 is 4.98 Å². The number of pyridine rings is 1. The van der Waals surface area contributed by atoms with Crippen LogP contribution >= 0.6 is 11.3 Å². The van der Waals surface area contributed by atoms with Crippen LogP contribution < -0.4 is 5.56 Å². The fraction of sp³-hybridized carbons (Fsp3) is 0.355. The van der Waals surface area contributed by atoms with E-state index in [1.807, 2.05) is 17.7 Å². The molecule has 1 aliphatic rings. The number of rotatable bonds is 8. The number of hydrogen-bond donors (Lipinski definition) is 1. The molecule has 1 unspecified atom stereocenters. The topological polar surface area (TPSA) is 79.7 Å². The van der Waals surface area contributed by atoms with Gasteiger partial charge in [-0.05, 0) is 71.3 Å². The summed E-state index contributed by atoms with van der Waals surface area (Å²) in [5.41, 5.74) is 4.84. The quantitative estimate of drug-likeness (QED) is 0.244. The average Bonchev–Trinajstić information content (AvgIpc) is 3.65. The molecule has 1 atom stereocenters. The zero-order valence-corrected chi connectivity index (χ0v) is 23.3. The minimum Gasteiger partial charge on any atom is -0.321 e. The van der Waals surface area contributed by atoms with Crippen LogP contribution in [0.5, 0.6) is 0 Å². The number of aryl methyl sites for hydroxylation is 2. The summed E-state index contributed by atoms with van der Waals surface area (Å²) in [4.78, 5) is 20.7. The number of nitrogens with zero attached hydrogens (tertiary/aromatic N) is 5. The highest BCUT2D eigenvalue weighted by molar-refractivity contribution is 7.09. The van der Waals surface area contributed by atoms with Gasteiger partial charge in [-0.1, -0.05) is 67.8 Å². The zero-order chi connectivity index (χ0) is 26.8. The van der Waals surface area contributed by atoms with E-state index in [1.165, 1.54) is 29.7 Å². The van der Waals surface area contributed by atoms with Crippen molar-refractivity contribution < 1.29 is 0 Å². The molecule has 0 amide bonds. The van der Waals surface area contributed by atoms with Crippen molar-refractivity contribution in [3.05, 3.63) is 109 Å². The number of H-pyrrole nitrogens is 1. The third-order valence-electron chi connectivity index (χ3n) is 7.98. The van der Waals surface area contributed by atoms with Gasteiger partial charge in [0.15, 0.2) is 5.82 Å². The van der Waals surface area contributed by atoms with E-state index in [1.54, 1.807) is 11.3 Å². The minimum atomic E-state index is -0.419. The summed E-state index contributed by atoms with van der Waals surface area (Å²) in [6, 6.07) is 20.8. The van der Waals surface area contributed by atoms with Crippen LogP contribution in [0.3, 0.4) is 0 Å². The van der Waals surface area contributed by atoms with Gasteiger partial charge in [0.05, 0.1) is 11.6 Å². The van der Waals surface area contributed by atoms with Gasteiger partial charge in [0, 0.05) is 28.9 Å². The Kier molecular flexibility index (Phi) is 7.39. The molecular weight excluding hydrogens is 504 g/mol. The lowest BCUT2D eigenvalue weighted by Crippen LogP contribution is -2.35. The van der Waals surface area contributed by atoms with E-state index in [-0.39, 0.29) is 11.6 Å². The lowest BCUT2D eigenvalue weighted by molar-refractivity contribution is 0.188. The Labute approximate surface area is 232 Å². The number of benzene rings is 2. The van der Waals surface area contributed by atoms with Crippen molar-refractivity contribution in [2.24, 2.45) is 0 Å². The molecule has 8 heteroatoms. The van der Waals surface area contributed by atoms with Crippen LogP contribution in [-0.2, 0) is 13.1 Å². The largest absolute Gasteiger partial charge is 0.321 e. The van der Waals surface area contributed by atoms with E-state index >= 15 is 0 Å². The number of aromatic amines is 1. The zero-order valence-electron chi connectivity index (χ0n) is 22.5. The molecule has 5 aromatic rings. The third kappa shape index (κ3) is 5.31. The molecule has 7 nitrogen and oxygen atoms in total. The van der Waals surface area contributed by atoms with Crippen LogP contribution in [0.4, 0.5) is 0 Å². The number of nitrogens with one attached hydrogen (secondary N) is 1. The van der Waals surface area contributed by atoms with Crippen LogP contribution in [0, 0.1) is 13.8 Å². The number of aromatic nitrogens is 5. The van der Waals surface area contributed by atoms with Gasteiger partial charge in [-0.25, -0.2) is 4.68 Å². The molecular formula is C31H34N6OS. The van der Waals surface area contributed by atoms with E-state index in [9.17, 15) is 4.79 Å². The second kappa shape index (κ2) is 11.2. The van der Waals surface area contributed by atoms with Crippen LogP contribution in [-0.4, -0.2) is 30.1 Å². The number of fused-ring (bicyclic) bond motifs is 1. The van der Waals surface area contributed by atoms with Gasteiger partial charge in [0.25, 0.3) is 5.56 Å². The molecule has 0 bridgehead atoms. The highest BCUT2D eigenvalue weighted by Crippen LogP contribution is 2.35. The fourth-order valence-electron chi connectivity index (χ4n) is 5.92. The van der Waals surface area contributed by atoms with Gasteiger partial charge >= 0.3 is 0 Å². The van der Waals surface area contributed by atoms with E-state index in [0.29, 0.717) is 18.7 Å². The first kappa shape index (κ1) is 25.6. The smallest absolute Gasteiger partial charge is 0.253 e. The normalized spacial score (nSPS) is 15.3. The summed E-state index contributed by atoms with van der Waals surface area (Å²) in [5, 5.41) is 16.5. The Morgan fingerprint density at radius 3 is 2.56 bits per heavy atom. The van der Waals surface area contributed by atoms with Crippen LogP contribution in [0.15, 0.2) is 70.8 Å². The summed E-state index contributed by atoms with van der Waals surface area (Å²) in [6.07, 6.45) is 5.71. The SMILES string of the molecule is Cc1ccc(C)c2[nH]c(=O)c(C(c3nnnn3C3CCCCC3)N(Cc3ccccc3)Cc3cccs3)cc12. The second-order valence-corrected chi connectivity index (χ2v) is 11.7. The van der Waals surface area contributed by atoms with Gasteiger partial charge in [-0.15, -0.1) is 16.4 Å². The fourth-order valence-corrected chi connectivity index (χ4v) is 6.65. The van der Waals surface area contributed by atoms with Crippen molar-refractivity contribution in [3.63, 3.8) is 0 Å². The highest BCUT2D eigenvalue weighted by Gasteiger charge is 2.33. The molecule has 2 aromatic carbocycles. The van der Waals surface area contributed by atoms with Crippen LogP contribution in [0.1, 0.15) is 77.1 Å². The standard InChI is InChI=1S/C31H34N6OS/c1-21-15-16-22(2)28-26(21)18-27(31(38)32-28)29(30-33-34-35-37(30)24-12-7-4-8-13-24)36(20-25-14-9-17-39-25)19-23-10-5-3-6-11-23/h3,5-6,9-11,14-18,24,29H,4,7-8,12-13,19-20H2,1-2H3,(H,32,38). The summed E-state index contributed by atoms with van der Waals surface area (Å²) in [5.74, 6) is 0.740. The Bertz CT molecular complexity index is 1600. The second-order valence-electron chi connectivity index (χ2n) is 10.7. The number of tetrazole rings is 1. The summed E-state index contributed by atoms with van der Waals surface area (Å²) >= 11 is 1.73. The first-order valence-corrected chi connectivity index (χ1v) is 14.7.